The van der Waals surface area contributed by atoms with Crippen LogP contribution in [0.5, 0.6) is 5.75 Å². The Morgan fingerprint density at radius 3 is 2.63 bits per heavy atom. The van der Waals surface area contributed by atoms with E-state index >= 15 is 0 Å². The Bertz CT molecular complexity index is 377. The lowest BCUT2D eigenvalue weighted by atomic mass is 9.93. The molecule has 0 aliphatic carbocycles. The highest BCUT2D eigenvalue weighted by atomic mass is 16.5. The fraction of sp³-hybridized carbons (Fsp3) is 0.625. The van der Waals surface area contributed by atoms with Gasteiger partial charge in [0, 0.05) is 25.7 Å². The van der Waals surface area contributed by atoms with Gasteiger partial charge in [0.05, 0.1) is 6.61 Å². The summed E-state index contributed by atoms with van der Waals surface area (Å²) in [5, 5.41) is 9.31. The molecule has 0 amide bonds. The molecule has 0 bridgehead atoms. The van der Waals surface area contributed by atoms with Crippen molar-refractivity contribution in [3.05, 3.63) is 29.8 Å². The normalized spacial score (nSPS) is 24.4. The van der Waals surface area contributed by atoms with Crippen molar-refractivity contribution in [1.82, 2.24) is 4.90 Å². The maximum atomic E-state index is 9.31. The van der Waals surface area contributed by atoms with Crippen LogP contribution in [0, 0.1) is 5.92 Å². The van der Waals surface area contributed by atoms with E-state index in [2.05, 4.69) is 24.0 Å². The molecule has 1 N–H and O–H groups in total. The topological polar surface area (TPSA) is 32.7 Å². The molecule has 3 nitrogen and oxygen atoms in total. The van der Waals surface area contributed by atoms with Gasteiger partial charge >= 0.3 is 0 Å². The highest BCUT2D eigenvalue weighted by Crippen LogP contribution is 2.24. The maximum Gasteiger partial charge on any atom is 0.119 e. The Morgan fingerprint density at radius 2 is 2.00 bits per heavy atom. The first kappa shape index (κ1) is 14.4. The van der Waals surface area contributed by atoms with Gasteiger partial charge in [-0.1, -0.05) is 12.1 Å². The first-order valence-electron chi connectivity index (χ1n) is 7.29. The number of nitrogens with zero attached hydrogens (tertiary/aromatic N) is 1. The van der Waals surface area contributed by atoms with Crippen molar-refractivity contribution in [2.45, 2.75) is 39.3 Å². The molecule has 1 aliphatic rings. The first-order valence-corrected chi connectivity index (χ1v) is 7.29. The second-order valence-corrected chi connectivity index (χ2v) is 5.48. The highest BCUT2D eigenvalue weighted by molar-refractivity contribution is 5.27. The zero-order chi connectivity index (χ0) is 13.7. The molecule has 1 saturated heterocycles. The van der Waals surface area contributed by atoms with E-state index in [4.69, 9.17) is 4.74 Å². The average molecular weight is 263 g/mol. The molecular weight excluding hydrogens is 238 g/mol. The molecule has 2 atom stereocenters. The molecule has 3 heteroatoms. The average Bonchev–Trinajstić information content (AvgIpc) is 2.44. The Labute approximate surface area is 116 Å². The number of aliphatic hydroxyl groups is 1. The van der Waals surface area contributed by atoms with Crippen LogP contribution in [0.1, 0.15) is 32.3 Å². The predicted molar refractivity (Wildman–Crippen MR) is 77.3 cm³/mol. The number of hydrogen-bond acceptors (Lipinski definition) is 3. The van der Waals surface area contributed by atoms with Crippen molar-refractivity contribution >= 4 is 0 Å². The molecular formula is C16H25NO2. The molecule has 106 valence electrons. The number of ether oxygens (including phenoxy) is 1. The Morgan fingerprint density at radius 1 is 1.26 bits per heavy atom. The maximum absolute atomic E-state index is 9.31. The standard InChI is InChI=1S/C16H25NO2/c1-3-19-16-8-6-14(7-9-16)10-17-11-15(12-18)5-4-13(17)2/h6-9,13,15,18H,3-5,10-12H2,1-2H3. The number of hydrogen-bond donors (Lipinski definition) is 1. The van der Waals surface area contributed by atoms with Gasteiger partial charge in [-0.2, -0.15) is 0 Å². The summed E-state index contributed by atoms with van der Waals surface area (Å²) in [7, 11) is 0. The Balaban J connectivity index is 1.95. The van der Waals surface area contributed by atoms with Gasteiger partial charge in [-0.15, -0.1) is 0 Å². The minimum absolute atomic E-state index is 0.312. The molecule has 1 fully saturated rings. The van der Waals surface area contributed by atoms with E-state index in [1.54, 1.807) is 0 Å². The molecule has 1 heterocycles. The molecule has 0 spiro atoms. The van der Waals surface area contributed by atoms with Gasteiger partial charge in [0.1, 0.15) is 5.75 Å². The predicted octanol–water partition coefficient (Wildman–Crippen LogP) is 2.68. The fourth-order valence-corrected chi connectivity index (χ4v) is 2.72. The summed E-state index contributed by atoms with van der Waals surface area (Å²) >= 11 is 0. The van der Waals surface area contributed by atoms with E-state index in [1.165, 1.54) is 12.0 Å². The van der Waals surface area contributed by atoms with Gasteiger partial charge in [-0.25, -0.2) is 0 Å². The summed E-state index contributed by atoms with van der Waals surface area (Å²) in [6.07, 6.45) is 2.33. The monoisotopic (exact) mass is 263 g/mol. The van der Waals surface area contributed by atoms with Crippen molar-refractivity contribution in [1.29, 1.82) is 0 Å². The quantitative estimate of drug-likeness (QED) is 0.886. The van der Waals surface area contributed by atoms with Gasteiger partial charge in [0.25, 0.3) is 0 Å². The third kappa shape index (κ3) is 3.95. The van der Waals surface area contributed by atoms with Gasteiger partial charge in [0.15, 0.2) is 0 Å². The van der Waals surface area contributed by atoms with Gasteiger partial charge < -0.3 is 9.84 Å². The molecule has 1 aliphatic heterocycles. The number of benzene rings is 1. The highest BCUT2D eigenvalue weighted by Gasteiger charge is 2.24. The molecule has 2 rings (SSSR count). The lowest BCUT2D eigenvalue weighted by Crippen LogP contribution is -2.42. The summed E-state index contributed by atoms with van der Waals surface area (Å²) in [6, 6.07) is 8.96. The van der Waals surface area contributed by atoms with Crippen LogP contribution in [0.25, 0.3) is 0 Å². The van der Waals surface area contributed by atoms with Gasteiger partial charge in [-0.05, 0) is 50.3 Å². The van der Waals surface area contributed by atoms with E-state index in [9.17, 15) is 5.11 Å². The minimum Gasteiger partial charge on any atom is -0.494 e. The Kier molecular flexibility index (Phi) is 5.23. The van der Waals surface area contributed by atoms with Crippen LogP contribution in [-0.4, -0.2) is 35.8 Å². The summed E-state index contributed by atoms with van der Waals surface area (Å²) in [5.41, 5.74) is 1.31. The van der Waals surface area contributed by atoms with Crippen LogP contribution < -0.4 is 4.74 Å². The summed E-state index contributed by atoms with van der Waals surface area (Å²) in [4.78, 5) is 2.47. The number of piperidine rings is 1. The van der Waals surface area contributed by atoms with Crippen LogP contribution >= 0.6 is 0 Å². The molecule has 1 aromatic carbocycles. The molecule has 1 aromatic rings. The molecule has 0 radical (unpaired) electrons. The summed E-state index contributed by atoms with van der Waals surface area (Å²) < 4.78 is 5.46. The van der Waals surface area contributed by atoms with Gasteiger partial charge in [-0.3, -0.25) is 4.90 Å². The molecule has 19 heavy (non-hydrogen) atoms. The smallest absolute Gasteiger partial charge is 0.119 e. The lowest BCUT2D eigenvalue weighted by molar-refractivity contribution is 0.0771. The van der Waals surface area contributed by atoms with Crippen molar-refractivity contribution in [2.24, 2.45) is 5.92 Å². The summed E-state index contributed by atoms with van der Waals surface area (Å²) in [6.45, 7) is 7.27. The number of rotatable bonds is 5. The van der Waals surface area contributed by atoms with Crippen LogP contribution in [0.4, 0.5) is 0 Å². The molecule has 0 aromatic heterocycles. The second-order valence-electron chi connectivity index (χ2n) is 5.48. The third-order valence-corrected chi connectivity index (χ3v) is 3.99. The molecule has 0 saturated carbocycles. The van der Waals surface area contributed by atoms with E-state index in [0.29, 0.717) is 25.2 Å². The van der Waals surface area contributed by atoms with E-state index in [-0.39, 0.29) is 0 Å². The van der Waals surface area contributed by atoms with E-state index < -0.39 is 0 Å². The first-order chi connectivity index (χ1) is 9.22. The second kappa shape index (κ2) is 6.92. The summed E-state index contributed by atoms with van der Waals surface area (Å²) in [5.74, 6) is 1.38. The SMILES string of the molecule is CCOc1ccc(CN2CC(CO)CCC2C)cc1. The number of aliphatic hydroxyl groups excluding tert-OH is 1. The minimum atomic E-state index is 0.312. The third-order valence-electron chi connectivity index (χ3n) is 3.99. The van der Waals surface area contributed by atoms with E-state index in [0.717, 1.165) is 25.3 Å². The lowest BCUT2D eigenvalue weighted by Gasteiger charge is -2.37. The van der Waals surface area contributed by atoms with Crippen LogP contribution in [0.2, 0.25) is 0 Å². The van der Waals surface area contributed by atoms with Crippen molar-refractivity contribution in [2.75, 3.05) is 19.8 Å². The van der Waals surface area contributed by atoms with Crippen molar-refractivity contribution < 1.29 is 9.84 Å². The van der Waals surface area contributed by atoms with Gasteiger partial charge in [0.2, 0.25) is 0 Å². The molecule has 2 unspecified atom stereocenters. The zero-order valence-corrected chi connectivity index (χ0v) is 12.0. The van der Waals surface area contributed by atoms with Crippen LogP contribution in [0.3, 0.4) is 0 Å². The van der Waals surface area contributed by atoms with Crippen LogP contribution in [-0.2, 0) is 6.54 Å². The van der Waals surface area contributed by atoms with Crippen molar-refractivity contribution in [3.63, 3.8) is 0 Å². The zero-order valence-electron chi connectivity index (χ0n) is 12.0. The van der Waals surface area contributed by atoms with Crippen molar-refractivity contribution in [3.8, 4) is 5.75 Å². The fourth-order valence-electron chi connectivity index (χ4n) is 2.72. The largest absolute Gasteiger partial charge is 0.494 e. The Hall–Kier alpha value is -1.06. The van der Waals surface area contributed by atoms with Crippen LogP contribution in [0.15, 0.2) is 24.3 Å². The number of likely N-dealkylation sites (tertiary alicyclic amines) is 1. The van der Waals surface area contributed by atoms with E-state index in [1.807, 2.05) is 19.1 Å².